The van der Waals surface area contributed by atoms with Crippen LogP contribution in [0.25, 0.3) is 11.0 Å². The van der Waals surface area contributed by atoms with E-state index < -0.39 is 39.3 Å². The number of ether oxygens (including phenoxy) is 1. The predicted octanol–water partition coefficient (Wildman–Crippen LogP) is 3.91. The smallest absolute Gasteiger partial charge is 0.408 e. The molecule has 1 atom stereocenters. The summed E-state index contributed by atoms with van der Waals surface area (Å²) in [6, 6.07) is 15.6. The molecule has 0 aliphatic carbocycles. The number of sulfonamides is 1. The number of carbonyl (C=O) groups is 2. The Morgan fingerprint density at radius 1 is 1.10 bits per heavy atom. The molecule has 208 valence electrons. The maximum Gasteiger partial charge on any atom is 0.408 e. The van der Waals surface area contributed by atoms with Crippen LogP contribution < -0.4 is 14.9 Å². The van der Waals surface area contributed by atoms with Crippen molar-refractivity contribution in [2.75, 3.05) is 29.7 Å². The molecule has 0 radical (unpaired) electrons. The first-order valence-electron chi connectivity index (χ1n) is 13.3. The topological polar surface area (TPSA) is 118 Å². The summed E-state index contributed by atoms with van der Waals surface area (Å²) in [5, 5.41) is 6.80. The molecule has 3 aromatic rings. The monoisotopic (exact) mass is 553 g/mol. The minimum Gasteiger partial charge on any atom is -0.461 e. The molecule has 1 fully saturated rings. The summed E-state index contributed by atoms with van der Waals surface area (Å²) in [6.07, 6.45) is 0.834. The lowest BCUT2D eigenvalue weighted by molar-refractivity contribution is -0.118. The first-order chi connectivity index (χ1) is 18.5. The van der Waals surface area contributed by atoms with Gasteiger partial charge in [0.2, 0.25) is 10.0 Å². The highest BCUT2D eigenvalue weighted by Gasteiger charge is 2.47. The largest absolute Gasteiger partial charge is 0.461 e. The Balaban J connectivity index is 1.40. The van der Waals surface area contributed by atoms with E-state index in [-0.39, 0.29) is 11.8 Å². The molecule has 9 nitrogen and oxygen atoms in total. The third-order valence-electron chi connectivity index (χ3n) is 7.37. The molecule has 3 heterocycles. The van der Waals surface area contributed by atoms with Crippen LogP contribution in [0.5, 0.6) is 0 Å². The van der Waals surface area contributed by atoms with Crippen molar-refractivity contribution in [2.45, 2.75) is 57.1 Å². The van der Waals surface area contributed by atoms with Crippen molar-refractivity contribution in [3.05, 3.63) is 65.9 Å². The second kappa shape index (κ2) is 10.3. The van der Waals surface area contributed by atoms with Crippen molar-refractivity contribution >= 4 is 38.6 Å². The molecular formula is C29H35N3O6S. The average molecular weight is 554 g/mol. The predicted molar refractivity (Wildman–Crippen MR) is 149 cm³/mol. The quantitative estimate of drug-likeness (QED) is 0.456. The van der Waals surface area contributed by atoms with Gasteiger partial charge in [0.25, 0.3) is 0 Å². The van der Waals surface area contributed by atoms with Gasteiger partial charge in [-0.1, -0.05) is 36.4 Å². The SMILES string of the molecule is CC(C)(C)OC(=O)NC(Cc1cc2ccccc2o1)C(=O)CS(=O)(=O)N1CC2(CCNCC2)c2ccccc21. The summed E-state index contributed by atoms with van der Waals surface area (Å²) in [4.78, 5) is 26.2. The summed E-state index contributed by atoms with van der Waals surface area (Å²) in [5.41, 5.74) is 1.21. The van der Waals surface area contributed by atoms with Gasteiger partial charge in [-0.15, -0.1) is 0 Å². The molecule has 5 rings (SSSR count). The van der Waals surface area contributed by atoms with Crippen molar-refractivity contribution in [1.29, 1.82) is 0 Å². The highest BCUT2D eigenvalue weighted by molar-refractivity contribution is 7.93. The van der Waals surface area contributed by atoms with E-state index in [2.05, 4.69) is 10.6 Å². The highest BCUT2D eigenvalue weighted by Crippen LogP contribution is 2.47. The second-order valence-corrected chi connectivity index (χ2v) is 13.3. The van der Waals surface area contributed by atoms with Crippen LogP contribution in [0.3, 0.4) is 0 Å². The van der Waals surface area contributed by atoms with Gasteiger partial charge in [-0.25, -0.2) is 13.2 Å². The minimum absolute atomic E-state index is 0.00549. The molecule has 2 aliphatic rings. The van der Waals surface area contributed by atoms with Gasteiger partial charge in [-0.3, -0.25) is 9.10 Å². The van der Waals surface area contributed by atoms with Crippen molar-refractivity contribution in [3.63, 3.8) is 0 Å². The fourth-order valence-electron chi connectivity index (χ4n) is 5.56. The fourth-order valence-corrected chi connectivity index (χ4v) is 7.18. The highest BCUT2D eigenvalue weighted by atomic mass is 32.2. The fraction of sp³-hybridized carbons (Fsp3) is 0.448. The number of amides is 1. The molecule has 1 amide bonds. The van der Waals surface area contributed by atoms with Crippen LogP contribution in [0.2, 0.25) is 0 Å². The number of nitrogens with one attached hydrogen (secondary N) is 2. The molecule has 2 N–H and O–H groups in total. The third kappa shape index (κ3) is 5.81. The first-order valence-corrected chi connectivity index (χ1v) is 14.9. The van der Waals surface area contributed by atoms with Crippen molar-refractivity contribution in [3.8, 4) is 0 Å². The Bertz CT molecular complexity index is 1450. The summed E-state index contributed by atoms with van der Waals surface area (Å²) < 4.78 is 40.2. The van der Waals surface area contributed by atoms with Gasteiger partial charge in [-0.2, -0.15) is 0 Å². The number of benzene rings is 2. The number of Topliss-reactive ketones (excluding diaryl/α,β-unsaturated/α-hetero) is 1. The number of fused-ring (bicyclic) bond motifs is 3. The van der Waals surface area contributed by atoms with Crippen LogP contribution in [0.1, 0.15) is 44.9 Å². The number of hydrogen-bond donors (Lipinski definition) is 2. The van der Waals surface area contributed by atoms with Crippen LogP contribution in [0, 0.1) is 0 Å². The first kappa shape index (κ1) is 27.2. The van der Waals surface area contributed by atoms with E-state index in [9.17, 15) is 18.0 Å². The van der Waals surface area contributed by atoms with E-state index in [4.69, 9.17) is 9.15 Å². The molecule has 1 aromatic heterocycles. The van der Waals surface area contributed by atoms with Gasteiger partial charge in [-0.05, 0) is 70.5 Å². The van der Waals surface area contributed by atoms with Crippen molar-refractivity contribution < 1.29 is 27.2 Å². The van der Waals surface area contributed by atoms with Crippen LogP contribution >= 0.6 is 0 Å². The van der Waals surface area contributed by atoms with E-state index in [1.54, 1.807) is 32.9 Å². The zero-order chi connectivity index (χ0) is 27.8. The molecular weight excluding hydrogens is 518 g/mol. The maximum atomic E-state index is 13.8. The molecule has 0 saturated carbocycles. The van der Waals surface area contributed by atoms with E-state index in [1.807, 2.05) is 42.5 Å². The molecule has 39 heavy (non-hydrogen) atoms. The van der Waals surface area contributed by atoms with Gasteiger partial charge in [0.05, 0.1) is 11.7 Å². The second-order valence-electron chi connectivity index (χ2n) is 11.4. The number of furan rings is 1. The van der Waals surface area contributed by atoms with Crippen LogP contribution in [-0.4, -0.2) is 57.3 Å². The molecule has 1 spiro atoms. The molecule has 1 unspecified atom stereocenters. The molecule has 2 aliphatic heterocycles. The molecule has 10 heteroatoms. The average Bonchev–Trinajstić information content (AvgIpc) is 3.42. The summed E-state index contributed by atoms with van der Waals surface area (Å²) >= 11 is 0. The van der Waals surface area contributed by atoms with Gasteiger partial charge in [0.1, 0.15) is 22.7 Å². The number of piperidine rings is 1. The Labute approximate surface area is 228 Å². The van der Waals surface area contributed by atoms with E-state index in [1.165, 1.54) is 4.31 Å². The van der Waals surface area contributed by atoms with Gasteiger partial charge in [0.15, 0.2) is 5.78 Å². The zero-order valence-corrected chi connectivity index (χ0v) is 23.3. The normalized spacial score (nSPS) is 17.7. The van der Waals surface area contributed by atoms with Crippen LogP contribution in [-0.2, 0) is 31.4 Å². The van der Waals surface area contributed by atoms with Gasteiger partial charge >= 0.3 is 6.09 Å². The summed E-state index contributed by atoms with van der Waals surface area (Å²) in [6.45, 7) is 7.07. The number of ketones is 1. The number of hydrogen-bond acceptors (Lipinski definition) is 7. The number of para-hydroxylation sites is 2. The summed E-state index contributed by atoms with van der Waals surface area (Å²) in [5.74, 6) is -0.927. The Morgan fingerprint density at radius 3 is 2.51 bits per heavy atom. The maximum absolute atomic E-state index is 13.8. The lowest BCUT2D eigenvalue weighted by Gasteiger charge is -2.34. The standard InChI is InChI=1S/C29H35N3O6S/c1-28(2,3)38-27(34)31-23(17-21-16-20-8-4-7-11-26(20)37-21)25(33)18-39(35,36)32-19-29(12-14-30-15-13-29)22-9-5-6-10-24(22)32/h4-11,16,23,30H,12-15,17-19H2,1-3H3,(H,31,34). The molecule has 2 aromatic carbocycles. The number of rotatable bonds is 7. The Hall–Kier alpha value is -3.37. The number of nitrogens with zero attached hydrogens (tertiary/aromatic N) is 1. The molecule has 0 bridgehead atoms. The Morgan fingerprint density at radius 2 is 1.79 bits per heavy atom. The molecule has 1 saturated heterocycles. The van der Waals surface area contributed by atoms with Crippen molar-refractivity contribution in [2.24, 2.45) is 0 Å². The lowest BCUT2D eigenvalue weighted by Crippen LogP contribution is -2.49. The van der Waals surface area contributed by atoms with Crippen molar-refractivity contribution in [1.82, 2.24) is 10.6 Å². The third-order valence-corrected chi connectivity index (χ3v) is 9.02. The van der Waals surface area contributed by atoms with E-state index in [0.717, 1.165) is 36.9 Å². The minimum atomic E-state index is -4.04. The van der Waals surface area contributed by atoms with Gasteiger partial charge in [0, 0.05) is 23.8 Å². The van der Waals surface area contributed by atoms with Gasteiger partial charge < -0.3 is 19.8 Å². The Kier molecular flexibility index (Phi) is 7.19. The lowest BCUT2D eigenvalue weighted by atomic mass is 9.75. The number of anilines is 1. The van der Waals surface area contributed by atoms with Crippen LogP contribution in [0.15, 0.2) is 59.0 Å². The number of alkyl carbamates (subject to hydrolysis) is 1. The summed E-state index contributed by atoms with van der Waals surface area (Å²) in [7, 11) is -4.04. The zero-order valence-electron chi connectivity index (χ0n) is 22.5. The van der Waals surface area contributed by atoms with E-state index in [0.29, 0.717) is 23.6 Å². The van der Waals surface area contributed by atoms with E-state index >= 15 is 0 Å². The van der Waals surface area contributed by atoms with Crippen LogP contribution in [0.4, 0.5) is 10.5 Å². The number of carbonyl (C=O) groups excluding carboxylic acids is 2.